The Kier molecular flexibility index (Phi) is 12.1. The summed E-state index contributed by atoms with van der Waals surface area (Å²) in [7, 11) is 0. The Hall–Kier alpha value is -3.98. The van der Waals surface area contributed by atoms with E-state index in [2.05, 4.69) is 5.32 Å². The molecule has 0 saturated carbocycles. The number of primary amides is 1. The molecule has 8 nitrogen and oxygen atoms in total. The molecule has 0 bridgehead atoms. The molecule has 4 unspecified atom stereocenters. The smallest absolute Gasteiger partial charge is 0.313 e. The summed E-state index contributed by atoms with van der Waals surface area (Å²) >= 11 is 0. The van der Waals surface area contributed by atoms with E-state index >= 15 is 0 Å². The maximum Gasteiger partial charge on any atom is 0.313 e. The number of nitrogens with two attached hydrogens (primary N) is 1. The second-order valence-corrected chi connectivity index (χ2v) is 10.3. The van der Waals surface area contributed by atoms with Gasteiger partial charge in [0.25, 0.3) is 5.91 Å². The lowest BCUT2D eigenvalue weighted by molar-refractivity contribution is -0.161. The molecule has 0 spiro atoms. The molecule has 6 N–H and O–H groups in total. The van der Waals surface area contributed by atoms with Crippen molar-refractivity contribution in [3.8, 4) is 5.75 Å². The maximum atomic E-state index is 13.2. The van der Waals surface area contributed by atoms with E-state index in [0.29, 0.717) is 13.1 Å². The van der Waals surface area contributed by atoms with Crippen molar-refractivity contribution >= 4 is 11.9 Å². The van der Waals surface area contributed by atoms with Gasteiger partial charge in [-0.05, 0) is 66.6 Å². The molecule has 0 heterocycles. The van der Waals surface area contributed by atoms with Gasteiger partial charge in [-0.25, -0.2) is 0 Å². The summed E-state index contributed by atoms with van der Waals surface area (Å²) in [4.78, 5) is 25.3. The molecular weight excluding hydrogens is 520 g/mol. The Bertz CT molecular complexity index is 1270. The van der Waals surface area contributed by atoms with Crippen LogP contribution in [0.1, 0.15) is 34.2 Å². The molecule has 0 aliphatic rings. The first kappa shape index (κ1) is 31.5. The minimum absolute atomic E-state index is 0.133. The van der Waals surface area contributed by atoms with Crippen LogP contribution in [0.4, 0.5) is 0 Å². The lowest BCUT2D eigenvalue weighted by atomic mass is 9.93. The Balaban J connectivity index is 1.61. The largest absolute Gasteiger partial charge is 0.508 e. The fourth-order valence-electron chi connectivity index (χ4n) is 4.67. The van der Waals surface area contributed by atoms with E-state index in [1.807, 2.05) is 74.5 Å². The van der Waals surface area contributed by atoms with E-state index in [0.717, 1.165) is 27.8 Å². The van der Waals surface area contributed by atoms with Crippen molar-refractivity contribution in [1.29, 1.82) is 0 Å². The van der Waals surface area contributed by atoms with Gasteiger partial charge in [0.2, 0.25) is 0 Å². The summed E-state index contributed by atoms with van der Waals surface area (Å²) in [6.07, 6.45) is 0.579. The lowest BCUT2D eigenvalue weighted by Gasteiger charge is -2.23. The lowest BCUT2D eigenvalue weighted by Crippen LogP contribution is -2.39. The highest BCUT2D eigenvalue weighted by Gasteiger charge is 2.31. The number of esters is 1. The zero-order chi connectivity index (χ0) is 29.8. The average molecular weight is 561 g/mol. The number of hydrogen-bond donors (Lipinski definition) is 5. The minimum atomic E-state index is -1.21. The van der Waals surface area contributed by atoms with E-state index in [-0.39, 0.29) is 25.0 Å². The summed E-state index contributed by atoms with van der Waals surface area (Å²) in [5, 5.41) is 34.4. The Morgan fingerprint density at radius 2 is 1.49 bits per heavy atom. The number of aliphatic hydroxyl groups excluding tert-OH is 2. The van der Waals surface area contributed by atoms with Gasteiger partial charge in [-0.2, -0.15) is 0 Å². The zero-order valence-electron chi connectivity index (χ0n) is 23.6. The van der Waals surface area contributed by atoms with Crippen molar-refractivity contribution in [3.63, 3.8) is 0 Å². The Morgan fingerprint density at radius 1 is 0.927 bits per heavy atom. The third-order valence-electron chi connectivity index (χ3n) is 6.96. The first-order valence-corrected chi connectivity index (χ1v) is 13.7. The van der Waals surface area contributed by atoms with Crippen LogP contribution < -0.4 is 11.1 Å². The van der Waals surface area contributed by atoms with Crippen LogP contribution in [0.3, 0.4) is 0 Å². The fraction of sp³-hybridized carbons (Fsp3) is 0.333. The minimum Gasteiger partial charge on any atom is -0.508 e. The average Bonchev–Trinajstić information content (AvgIpc) is 2.93. The van der Waals surface area contributed by atoms with E-state index in [4.69, 9.17) is 10.5 Å². The van der Waals surface area contributed by atoms with Crippen molar-refractivity contribution in [1.82, 2.24) is 5.32 Å². The number of aromatic hydroxyl groups is 1. The van der Waals surface area contributed by atoms with E-state index in [1.165, 1.54) is 6.08 Å². The number of amides is 1. The summed E-state index contributed by atoms with van der Waals surface area (Å²) in [5.41, 5.74) is 10.1. The van der Waals surface area contributed by atoms with Crippen molar-refractivity contribution < 1.29 is 29.6 Å². The number of aliphatic hydroxyl groups is 2. The van der Waals surface area contributed by atoms with Gasteiger partial charge in [0.05, 0.1) is 18.1 Å². The van der Waals surface area contributed by atoms with Gasteiger partial charge in [0.1, 0.15) is 5.75 Å². The highest BCUT2D eigenvalue weighted by molar-refractivity contribution is 5.83. The molecule has 3 rings (SSSR count). The number of benzene rings is 3. The van der Waals surface area contributed by atoms with Gasteiger partial charge in [-0.1, -0.05) is 72.8 Å². The number of nitrogens with one attached hydrogen (secondary N) is 1. The van der Waals surface area contributed by atoms with Gasteiger partial charge in [0, 0.05) is 19.5 Å². The zero-order valence-corrected chi connectivity index (χ0v) is 23.6. The van der Waals surface area contributed by atoms with Crippen LogP contribution in [0.2, 0.25) is 0 Å². The van der Waals surface area contributed by atoms with Crippen molar-refractivity contribution in [2.24, 2.45) is 11.7 Å². The predicted octanol–water partition coefficient (Wildman–Crippen LogP) is 3.27. The summed E-state index contributed by atoms with van der Waals surface area (Å²) in [5.74, 6) is -2.25. The molecule has 8 heteroatoms. The molecule has 4 atom stereocenters. The molecule has 1 amide bonds. The molecular formula is C33H40N2O6. The monoisotopic (exact) mass is 560 g/mol. The molecule has 0 radical (unpaired) electrons. The molecule has 0 aromatic heterocycles. The molecule has 218 valence electrons. The van der Waals surface area contributed by atoms with Crippen molar-refractivity contribution in [3.05, 3.63) is 113 Å². The van der Waals surface area contributed by atoms with Crippen LogP contribution in [0, 0.1) is 19.8 Å². The fourth-order valence-corrected chi connectivity index (χ4v) is 4.67. The predicted molar refractivity (Wildman–Crippen MR) is 158 cm³/mol. The first-order valence-electron chi connectivity index (χ1n) is 13.7. The summed E-state index contributed by atoms with van der Waals surface area (Å²) in [6.45, 7) is 4.70. The molecule has 41 heavy (non-hydrogen) atoms. The number of ether oxygens (including phenoxy) is 1. The highest BCUT2D eigenvalue weighted by atomic mass is 16.5. The third kappa shape index (κ3) is 10.2. The second-order valence-electron chi connectivity index (χ2n) is 10.3. The van der Waals surface area contributed by atoms with Crippen LogP contribution in [0.15, 0.2) is 84.9 Å². The highest BCUT2D eigenvalue weighted by Crippen LogP contribution is 2.21. The number of phenols is 1. The summed E-state index contributed by atoms with van der Waals surface area (Å²) < 4.78 is 5.54. The van der Waals surface area contributed by atoms with Crippen LogP contribution in [-0.2, 0) is 33.7 Å². The SMILES string of the molecule is Cc1cc(O)cc(C)c1CNCC(O)CC=CC(O)C(Cc1ccccc1)C(=O)OC(Cc1ccccc1)C(N)=O. The number of carbonyl (C=O) groups excluding carboxylic acids is 2. The number of hydrogen-bond acceptors (Lipinski definition) is 7. The first-order chi connectivity index (χ1) is 19.6. The Morgan fingerprint density at radius 3 is 2.05 bits per heavy atom. The molecule has 0 aliphatic carbocycles. The third-order valence-corrected chi connectivity index (χ3v) is 6.96. The molecule has 3 aromatic rings. The number of rotatable bonds is 15. The van der Waals surface area contributed by atoms with E-state index < -0.39 is 36.1 Å². The Labute approximate surface area is 241 Å². The van der Waals surface area contributed by atoms with Crippen LogP contribution in [0.5, 0.6) is 5.75 Å². The molecule has 0 aliphatic heterocycles. The molecule has 0 fully saturated rings. The van der Waals surface area contributed by atoms with E-state index in [1.54, 1.807) is 18.2 Å². The van der Waals surface area contributed by atoms with Gasteiger partial charge < -0.3 is 31.1 Å². The molecule has 0 saturated heterocycles. The topological polar surface area (TPSA) is 142 Å². The van der Waals surface area contributed by atoms with Crippen molar-refractivity contribution in [2.75, 3.05) is 6.54 Å². The van der Waals surface area contributed by atoms with E-state index in [9.17, 15) is 24.9 Å². The van der Waals surface area contributed by atoms with Crippen LogP contribution in [0.25, 0.3) is 0 Å². The van der Waals surface area contributed by atoms with Gasteiger partial charge >= 0.3 is 5.97 Å². The van der Waals surface area contributed by atoms with Crippen LogP contribution in [-0.4, -0.2) is 52.1 Å². The number of carbonyl (C=O) groups is 2. The van der Waals surface area contributed by atoms with Crippen molar-refractivity contribution in [2.45, 2.75) is 58.0 Å². The number of phenolic OH excluding ortho intramolecular Hbond substituents is 1. The van der Waals surface area contributed by atoms with Gasteiger partial charge in [0.15, 0.2) is 6.10 Å². The molecule has 3 aromatic carbocycles. The second kappa shape index (κ2) is 15.7. The summed E-state index contributed by atoms with van der Waals surface area (Å²) in [6, 6.07) is 21.8. The quantitative estimate of drug-likeness (QED) is 0.142. The van der Waals surface area contributed by atoms with Gasteiger partial charge in [-0.3, -0.25) is 9.59 Å². The standard InChI is InChI=1S/C33H40N2O6/c1-22-16-27(37)17-23(2)29(22)21-35-20-26(36)14-9-15-30(38)28(18-24-10-5-3-6-11-24)33(40)41-31(32(34)39)19-25-12-7-4-8-13-25/h3-13,15-17,26,28,30-31,35-38H,14,18-21H2,1-2H3,(H2,34,39). The van der Waals surface area contributed by atoms with Crippen LogP contribution >= 0.6 is 0 Å². The normalized spacial score (nSPS) is 14.3. The number of aryl methyl sites for hydroxylation is 2. The van der Waals surface area contributed by atoms with Gasteiger partial charge in [-0.15, -0.1) is 0 Å². The maximum absolute atomic E-state index is 13.2.